The number of anilines is 1. The summed E-state index contributed by atoms with van der Waals surface area (Å²) in [6.07, 6.45) is 5.79. The minimum absolute atomic E-state index is 0.000265. The van der Waals surface area contributed by atoms with Crippen LogP contribution in [0.15, 0.2) is 6.07 Å². The van der Waals surface area contributed by atoms with Gasteiger partial charge in [0.15, 0.2) is 0 Å². The monoisotopic (exact) mass is 531 g/mol. The Balaban J connectivity index is 1.59. The first-order chi connectivity index (χ1) is 17.5. The molecule has 0 unspecified atom stereocenters. The zero-order valence-electron chi connectivity index (χ0n) is 22.5. The Morgan fingerprint density at radius 1 is 1.08 bits per heavy atom. The van der Waals surface area contributed by atoms with E-state index in [0.29, 0.717) is 29.7 Å². The Hall–Kier alpha value is -1.92. The summed E-state index contributed by atoms with van der Waals surface area (Å²) in [6.45, 7) is 8.99. The number of ether oxygens (including phenoxy) is 2. The van der Waals surface area contributed by atoms with E-state index in [0.717, 1.165) is 62.7 Å². The summed E-state index contributed by atoms with van der Waals surface area (Å²) >= 11 is 1.15. The molecule has 2 aliphatic carbocycles. The van der Waals surface area contributed by atoms with Gasteiger partial charge in [-0.3, -0.25) is 4.79 Å². The van der Waals surface area contributed by atoms with Gasteiger partial charge in [0, 0.05) is 17.4 Å². The van der Waals surface area contributed by atoms with Gasteiger partial charge in [-0.15, -0.1) is 11.3 Å². The number of hydrogen-bond acceptors (Lipinski definition) is 6. The van der Waals surface area contributed by atoms with Gasteiger partial charge in [-0.05, 0) is 84.1 Å². The molecule has 0 spiro atoms. The molecule has 7 nitrogen and oxygen atoms in total. The van der Waals surface area contributed by atoms with Crippen LogP contribution < -0.4 is 4.90 Å². The second-order valence-corrected chi connectivity index (χ2v) is 13.1. The van der Waals surface area contributed by atoms with Crippen LogP contribution >= 0.6 is 11.3 Å². The molecule has 4 rings (SSSR count). The Kier molecular flexibility index (Phi) is 9.00. The lowest BCUT2D eigenvalue weighted by Crippen LogP contribution is -2.47. The molecule has 0 bridgehead atoms. The Bertz CT molecular complexity index is 1020. The highest BCUT2D eigenvalue weighted by molar-refractivity contribution is 7.15. The van der Waals surface area contributed by atoms with E-state index in [1.165, 1.54) is 0 Å². The van der Waals surface area contributed by atoms with E-state index in [9.17, 15) is 19.8 Å². The molecule has 1 aromatic rings. The van der Waals surface area contributed by atoms with Crippen molar-refractivity contribution in [3.8, 4) is 11.8 Å². The molecule has 0 aromatic carbocycles. The van der Waals surface area contributed by atoms with E-state index in [-0.39, 0.29) is 40.4 Å². The fourth-order valence-electron chi connectivity index (χ4n) is 5.56. The number of carboxylic acid groups (broad SMARTS) is 1. The molecular weight excluding hydrogens is 490 g/mol. The van der Waals surface area contributed by atoms with Crippen molar-refractivity contribution in [2.24, 2.45) is 17.3 Å². The molecule has 3 fully saturated rings. The predicted octanol–water partition coefficient (Wildman–Crippen LogP) is 5.09. The van der Waals surface area contributed by atoms with Crippen molar-refractivity contribution in [1.82, 2.24) is 0 Å². The molecule has 3 aliphatic rings. The van der Waals surface area contributed by atoms with E-state index in [2.05, 4.69) is 18.8 Å². The molecular formula is C29H41NO6S. The maximum atomic E-state index is 14.0. The van der Waals surface area contributed by atoms with E-state index >= 15 is 0 Å². The molecule has 1 aliphatic heterocycles. The molecule has 8 heteroatoms. The minimum atomic E-state index is -1.02. The second kappa shape index (κ2) is 11.9. The molecule has 1 amide bonds. The number of thiophene rings is 1. The minimum Gasteiger partial charge on any atom is -0.477 e. The topological polar surface area (TPSA) is 96.3 Å². The van der Waals surface area contributed by atoms with Crippen LogP contribution in [0.3, 0.4) is 0 Å². The molecule has 37 heavy (non-hydrogen) atoms. The van der Waals surface area contributed by atoms with E-state index in [4.69, 9.17) is 9.47 Å². The van der Waals surface area contributed by atoms with Gasteiger partial charge in [-0.1, -0.05) is 18.8 Å². The van der Waals surface area contributed by atoms with Crippen molar-refractivity contribution < 1.29 is 29.3 Å². The van der Waals surface area contributed by atoms with Crippen molar-refractivity contribution in [3.05, 3.63) is 15.8 Å². The molecule has 2 saturated carbocycles. The van der Waals surface area contributed by atoms with Crippen molar-refractivity contribution in [3.63, 3.8) is 0 Å². The fourth-order valence-corrected chi connectivity index (χ4v) is 6.41. The van der Waals surface area contributed by atoms with Crippen LogP contribution in [0.1, 0.15) is 93.6 Å². The number of hydrogen-bond donors (Lipinski definition) is 2. The third kappa shape index (κ3) is 7.14. The number of amides is 1. The zero-order chi connectivity index (χ0) is 26.7. The number of carboxylic acids is 1. The normalized spacial score (nSPS) is 30.4. The highest BCUT2D eigenvalue weighted by atomic mass is 32.1. The van der Waals surface area contributed by atoms with Gasteiger partial charge in [0.1, 0.15) is 17.1 Å². The first-order valence-corrected chi connectivity index (χ1v) is 14.5. The lowest BCUT2D eigenvalue weighted by molar-refractivity contribution is -0.124. The summed E-state index contributed by atoms with van der Waals surface area (Å²) in [5.41, 5.74) is 0.279. The molecule has 0 radical (unpaired) electrons. The van der Waals surface area contributed by atoms with Crippen molar-refractivity contribution >= 4 is 28.9 Å². The summed E-state index contributed by atoms with van der Waals surface area (Å²) < 4.78 is 11.4. The fraction of sp³-hybridized carbons (Fsp3) is 0.724. The van der Waals surface area contributed by atoms with Gasteiger partial charge >= 0.3 is 5.97 Å². The third-order valence-corrected chi connectivity index (χ3v) is 8.73. The van der Waals surface area contributed by atoms with E-state index < -0.39 is 12.1 Å². The van der Waals surface area contributed by atoms with Crippen LogP contribution in [-0.4, -0.2) is 59.7 Å². The van der Waals surface area contributed by atoms with Crippen LogP contribution in [-0.2, 0) is 14.3 Å². The first-order valence-electron chi connectivity index (χ1n) is 13.7. The maximum Gasteiger partial charge on any atom is 0.348 e. The van der Waals surface area contributed by atoms with Gasteiger partial charge in [0.25, 0.3) is 0 Å². The summed E-state index contributed by atoms with van der Waals surface area (Å²) in [4.78, 5) is 29.0. The largest absolute Gasteiger partial charge is 0.477 e. The van der Waals surface area contributed by atoms with Gasteiger partial charge in [-0.25, -0.2) is 4.79 Å². The maximum absolute atomic E-state index is 14.0. The number of carbonyl (C=O) groups excluding carboxylic acids is 1. The summed E-state index contributed by atoms with van der Waals surface area (Å²) in [6, 6.07) is 1.72. The predicted molar refractivity (Wildman–Crippen MR) is 144 cm³/mol. The summed E-state index contributed by atoms with van der Waals surface area (Å²) in [7, 11) is 0. The zero-order valence-corrected chi connectivity index (χ0v) is 23.3. The molecule has 204 valence electrons. The smallest absolute Gasteiger partial charge is 0.348 e. The standard InChI is InChI=1S/C29H41NO6S/c1-18-5-7-19(8-6-18)27(32)30(20-9-11-21(12-10-20)36-25-17-35-16-24(25)31)23-15-22(13-14-29(2,3)4)37-26(23)28(33)34/h15,18-21,24-25,31H,5-12,16-17H2,1-4H3,(H,33,34)/t18?,19?,20?,21?,24-,25-/m0/s1. The van der Waals surface area contributed by atoms with Crippen LogP contribution in [0.5, 0.6) is 0 Å². The molecule has 2 heterocycles. The van der Waals surface area contributed by atoms with Gasteiger partial charge in [0.05, 0.1) is 29.9 Å². The summed E-state index contributed by atoms with van der Waals surface area (Å²) in [5, 5.41) is 20.1. The number of aliphatic hydroxyl groups excluding tert-OH is 1. The average Bonchev–Trinajstić information content (AvgIpc) is 3.45. The highest BCUT2D eigenvalue weighted by Crippen LogP contribution is 2.39. The number of rotatable bonds is 6. The lowest BCUT2D eigenvalue weighted by Gasteiger charge is -2.40. The summed E-state index contributed by atoms with van der Waals surface area (Å²) in [5.74, 6) is 5.90. The first kappa shape index (κ1) is 28.1. The number of carbonyl (C=O) groups is 2. The van der Waals surface area contributed by atoms with E-state index in [1.807, 2.05) is 31.7 Å². The van der Waals surface area contributed by atoms with Gasteiger partial charge in [-0.2, -0.15) is 0 Å². The SMILES string of the molecule is CC1CCC(C(=O)N(c2cc(C#CC(C)(C)C)sc2C(=O)O)C2CCC(O[C@H]3COC[C@@H]3O)CC2)CC1. The van der Waals surface area contributed by atoms with Crippen LogP contribution in [0.4, 0.5) is 5.69 Å². The molecule has 2 N–H and O–H groups in total. The molecule has 1 saturated heterocycles. The molecule has 2 atom stereocenters. The van der Waals surface area contributed by atoms with E-state index in [1.54, 1.807) is 0 Å². The average molecular weight is 532 g/mol. The number of nitrogens with zero attached hydrogens (tertiary/aromatic N) is 1. The second-order valence-electron chi connectivity index (χ2n) is 12.0. The van der Waals surface area contributed by atoms with Gasteiger partial charge < -0.3 is 24.6 Å². The molecule has 1 aromatic heterocycles. The third-order valence-electron chi connectivity index (χ3n) is 7.71. The van der Waals surface area contributed by atoms with Crippen LogP contribution in [0.2, 0.25) is 0 Å². The van der Waals surface area contributed by atoms with Crippen molar-refractivity contribution in [2.45, 2.75) is 103 Å². The van der Waals surface area contributed by atoms with Crippen molar-refractivity contribution in [2.75, 3.05) is 18.1 Å². The van der Waals surface area contributed by atoms with Crippen molar-refractivity contribution in [1.29, 1.82) is 0 Å². The van der Waals surface area contributed by atoms with Crippen LogP contribution in [0, 0.1) is 29.1 Å². The Morgan fingerprint density at radius 2 is 1.76 bits per heavy atom. The van der Waals surface area contributed by atoms with Gasteiger partial charge in [0.2, 0.25) is 5.91 Å². The highest BCUT2D eigenvalue weighted by Gasteiger charge is 2.38. The number of aromatic carboxylic acids is 1. The Labute approximate surface area is 224 Å². The quantitative estimate of drug-likeness (QED) is 0.497. The Morgan fingerprint density at radius 3 is 2.32 bits per heavy atom. The lowest BCUT2D eigenvalue weighted by atomic mass is 9.81. The van der Waals surface area contributed by atoms with Crippen LogP contribution in [0.25, 0.3) is 0 Å². The number of aliphatic hydroxyl groups is 1.